The van der Waals surface area contributed by atoms with Gasteiger partial charge >= 0.3 is 0 Å². The molecule has 1 N–H and O–H groups in total. The van der Waals surface area contributed by atoms with Crippen LogP contribution in [0.5, 0.6) is 5.75 Å². The van der Waals surface area contributed by atoms with E-state index in [0.717, 1.165) is 33.2 Å². The molecule has 1 heterocycles. The van der Waals surface area contributed by atoms with Gasteiger partial charge in [-0.3, -0.25) is 0 Å². The standard InChI is InChI=1S/C17H18N2OS/c1-3-12-5-7-13(8-6-12)18-17-19-15-10-9-14(20-4-2)11-16(15)21-17/h5-11H,3-4H2,1-2H3,(H,18,19). The van der Waals surface area contributed by atoms with E-state index in [-0.39, 0.29) is 0 Å². The number of nitrogens with one attached hydrogen (secondary N) is 1. The lowest BCUT2D eigenvalue weighted by atomic mass is 10.1. The van der Waals surface area contributed by atoms with Crippen LogP contribution in [0.3, 0.4) is 0 Å². The summed E-state index contributed by atoms with van der Waals surface area (Å²) in [6.07, 6.45) is 1.06. The Balaban J connectivity index is 1.83. The minimum atomic E-state index is 0.680. The van der Waals surface area contributed by atoms with Gasteiger partial charge in [-0.15, -0.1) is 0 Å². The predicted molar refractivity (Wildman–Crippen MR) is 89.9 cm³/mol. The number of rotatable bonds is 5. The fourth-order valence-electron chi connectivity index (χ4n) is 2.16. The summed E-state index contributed by atoms with van der Waals surface area (Å²) < 4.78 is 6.66. The van der Waals surface area contributed by atoms with Crippen LogP contribution in [0.2, 0.25) is 0 Å². The van der Waals surface area contributed by atoms with Gasteiger partial charge in [0.2, 0.25) is 0 Å². The Morgan fingerprint density at radius 1 is 1.10 bits per heavy atom. The third-order valence-electron chi connectivity index (χ3n) is 3.28. The monoisotopic (exact) mass is 298 g/mol. The molecule has 0 spiro atoms. The van der Waals surface area contributed by atoms with Crippen molar-refractivity contribution in [2.75, 3.05) is 11.9 Å². The van der Waals surface area contributed by atoms with Crippen molar-refractivity contribution < 1.29 is 4.74 Å². The molecule has 0 amide bonds. The first-order chi connectivity index (χ1) is 10.3. The van der Waals surface area contributed by atoms with Gasteiger partial charge < -0.3 is 10.1 Å². The quantitative estimate of drug-likeness (QED) is 0.719. The third kappa shape index (κ3) is 3.16. The summed E-state index contributed by atoms with van der Waals surface area (Å²) in [7, 11) is 0. The van der Waals surface area contributed by atoms with E-state index in [4.69, 9.17) is 4.74 Å². The Morgan fingerprint density at radius 3 is 2.62 bits per heavy atom. The maximum atomic E-state index is 5.53. The van der Waals surface area contributed by atoms with Gasteiger partial charge in [0.1, 0.15) is 5.75 Å². The number of anilines is 2. The highest BCUT2D eigenvalue weighted by atomic mass is 32.1. The van der Waals surface area contributed by atoms with Crippen LogP contribution >= 0.6 is 11.3 Å². The molecule has 3 nitrogen and oxygen atoms in total. The molecular weight excluding hydrogens is 280 g/mol. The molecule has 0 aliphatic carbocycles. The summed E-state index contributed by atoms with van der Waals surface area (Å²) in [5, 5.41) is 4.27. The second kappa shape index (κ2) is 6.14. The number of aromatic nitrogens is 1. The van der Waals surface area contributed by atoms with Crippen molar-refractivity contribution >= 4 is 32.4 Å². The van der Waals surface area contributed by atoms with Gasteiger partial charge in [0.25, 0.3) is 0 Å². The van der Waals surface area contributed by atoms with Gasteiger partial charge in [0.05, 0.1) is 16.8 Å². The normalized spacial score (nSPS) is 10.8. The smallest absolute Gasteiger partial charge is 0.188 e. The molecule has 3 rings (SSSR count). The summed E-state index contributed by atoms with van der Waals surface area (Å²) >= 11 is 1.64. The van der Waals surface area contributed by atoms with Gasteiger partial charge in [-0.05, 0) is 49.2 Å². The highest BCUT2D eigenvalue weighted by Gasteiger charge is 2.05. The van der Waals surface area contributed by atoms with Crippen LogP contribution in [0.1, 0.15) is 19.4 Å². The van der Waals surface area contributed by atoms with Gasteiger partial charge in [0, 0.05) is 5.69 Å². The van der Waals surface area contributed by atoms with Crippen molar-refractivity contribution in [2.24, 2.45) is 0 Å². The van der Waals surface area contributed by atoms with Crippen LogP contribution in [0.4, 0.5) is 10.8 Å². The van der Waals surface area contributed by atoms with E-state index in [1.165, 1.54) is 5.56 Å². The van der Waals surface area contributed by atoms with Crippen LogP contribution in [0.25, 0.3) is 10.2 Å². The van der Waals surface area contributed by atoms with E-state index in [0.29, 0.717) is 6.61 Å². The van der Waals surface area contributed by atoms with E-state index in [1.807, 2.05) is 25.1 Å². The van der Waals surface area contributed by atoms with Crippen molar-refractivity contribution in [3.63, 3.8) is 0 Å². The first-order valence-electron chi connectivity index (χ1n) is 7.18. The lowest BCUT2D eigenvalue weighted by molar-refractivity contribution is 0.341. The molecule has 1 aromatic heterocycles. The van der Waals surface area contributed by atoms with Crippen molar-refractivity contribution in [1.29, 1.82) is 0 Å². The second-order valence-corrected chi connectivity index (χ2v) is 5.79. The number of fused-ring (bicyclic) bond motifs is 1. The number of ether oxygens (including phenoxy) is 1. The average Bonchev–Trinajstić information content (AvgIpc) is 2.90. The Bertz CT molecular complexity index is 734. The highest BCUT2D eigenvalue weighted by Crippen LogP contribution is 2.31. The molecule has 0 aliphatic heterocycles. The lowest BCUT2D eigenvalue weighted by Gasteiger charge is -2.03. The van der Waals surface area contributed by atoms with Crippen molar-refractivity contribution in [3.05, 3.63) is 48.0 Å². The van der Waals surface area contributed by atoms with E-state index >= 15 is 0 Å². The van der Waals surface area contributed by atoms with Crippen molar-refractivity contribution in [1.82, 2.24) is 4.98 Å². The first-order valence-corrected chi connectivity index (χ1v) is 7.99. The summed E-state index contributed by atoms with van der Waals surface area (Å²) in [5.74, 6) is 0.896. The summed E-state index contributed by atoms with van der Waals surface area (Å²) in [6, 6.07) is 14.5. The molecule has 0 bridgehead atoms. The average molecular weight is 298 g/mol. The Hall–Kier alpha value is -2.07. The predicted octanol–water partition coefficient (Wildman–Crippen LogP) is 5.00. The number of benzene rings is 2. The second-order valence-electron chi connectivity index (χ2n) is 4.76. The van der Waals surface area contributed by atoms with E-state index in [9.17, 15) is 0 Å². The van der Waals surface area contributed by atoms with Crippen LogP contribution in [-0.2, 0) is 6.42 Å². The Labute approximate surface area is 128 Å². The Morgan fingerprint density at radius 2 is 1.90 bits per heavy atom. The largest absolute Gasteiger partial charge is 0.494 e. The SMILES string of the molecule is CCOc1ccc2nc(Nc3ccc(CC)cc3)sc2c1. The molecule has 108 valence electrons. The topological polar surface area (TPSA) is 34.1 Å². The Kier molecular flexibility index (Phi) is 4.06. The highest BCUT2D eigenvalue weighted by molar-refractivity contribution is 7.22. The number of thiazole rings is 1. The summed E-state index contributed by atoms with van der Waals surface area (Å²) in [6.45, 7) is 4.83. The van der Waals surface area contributed by atoms with E-state index < -0.39 is 0 Å². The van der Waals surface area contributed by atoms with Crippen LogP contribution in [-0.4, -0.2) is 11.6 Å². The van der Waals surface area contributed by atoms with Crippen LogP contribution in [0, 0.1) is 0 Å². The van der Waals surface area contributed by atoms with Crippen LogP contribution in [0.15, 0.2) is 42.5 Å². The molecule has 0 atom stereocenters. The number of hydrogen-bond acceptors (Lipinski definition) is 4. The molecule has 3 aromatic rings. The number of aryl methyl sites for hydroxylation is 1. The molecular formula is C17H18N2OS. The zero-order chi connectivity index (χ0) is 14.7. The minimum Gasteiger partial charge on any atom is -0.494 e. The van der Waals surface area contributed by atoms with Crippen molar-refractivity contribution in [2.45, 2.75) is 20.3 Å². The number of hydrogen-bond donors (Lipinski definition) is 1. The molecule has 2 aromatic carbocycles. The molecule has 0 fully saturated rings. The summed E-state index contributed by atoms with van der Waals surface area (Å²) in [5.41, 5.74) is 3.40. The molecule has 0 saturated heterocycles. The molecule has 0 saturated carbocycles. The molecule has 0 radical (unpaired) electrons. The lowest BCUT2D eigenvalue weighted by Crippen LogP contribution is -1.90. The number of nitrogens with zero attached hydrogens (tertiary/aromatic N) is 1. The minimum absolute atomic E-state index is 0.680. The van der Waals surface area contributed by atoms with Gasteiger partial charge in [-0.2, -0.15) is 0 Å². The molecule has 0 unspecified atom stereocenters. The van der Waals surface area contributed by atoms with Gasteiger partial charge in [-0.25, -0.2) is 4.98 Å². The maximum Gasteiger partial charge on any atom is 0.188 e. The van der Waals surface area contributed by atoms with Crippen molar-refractivity contribution in [3.8, 4) is 5.75 Å². The third-order valence-corrected chi connectivity index (χ3v) is 4.22. The summed E-state index contributed by atoms with van der Waals surface area (Å²) in [4.78, 5) is 4.60. The zero-order valence-corrected chi connectivity index (χ0v) is 13.0. The van der Waals surface area contributed by atoms with E-state index in [2.05, 4.69) is 41.5 Å². The molecule has 0 aliphatic rings. The van der Waals surface area contributed by atoms with E-state index in [1.54, 1.807) is 11.3 Å². The maximum absolute atomic E-state index is 5.53. The fraction of sp³-hybridized carbons (Fsp3) is 0.235. The molecule has 21 heavy (non-hydrogen) atoms. The molecule has 4 heteroatoms. The first kappa shape index (κ1) is 13.9. The van der Waals surface area contributed by atoms with Crippen LogP contribution < -0.4 is 10.1 Å². The fourth-order valence-corrected chi connectivity index (χ4v) is 3.08. The van der Waals surface area contributed by atoms with Gasteiger partial charge in [0.15, 0.2) is 5.13 Å². The zero-order valence-electron chi connectivity index (χ0n) is 12.2. The van der Waals surface area contributed by atoms with Gasteiger partial charge in [-0.1, -0.05) is 30.4 Å².